The summed E-state index contributed by atoms with van der Waals surface area (Å²) in [5, 5.41) is 21.4. The minimum Gasteiger partial charge on any atom is -0.495 e. The third-order valence-corrected chi connectivity index (χ3v) is 4.68. The minimum atomic E-state index is -0.106. The Balaban J connectivity index is 0.00000300. The second-order valence-corrected chi connectivity index (χ2v) is 7.86. The molecule has 0 aliphatic heterocycles. The SMILES string of the molecule is COc1cc(-c2ccc(N[C@@H](CO)C(C)(C)C)nn2)ccc1-n1cnc(C)c1.Cl. The zero-order valence-electron chi connectivity index (χ0n) is 17.4. The second kappa shape index (κ2) is 9.24. The first-order valence-corrected chi connectivity index (χ1v) is 9.22. The van der Waals surface area contributed by atoms with Gasteiger partial charge in [0.25, 0.3) is 0 Å². The summed E-state index contributed by atoms with van der Waals surface area (Å²) in [6, 6.07) is 9.57. The van der Waals surface area contributed by atoms with Gasteiger partial charge in [0.05, 0.1) is 43.2 Å². The normalized spacial score (nSPS) is 12.2. The second-order valence-electron chi connectivity index (χ2n) is 7.86. The maximum atomic E-state index is 9.60. The maximum absolute atomic E-state index is 9.60. The first-order chi connectivity index (χ1) is 13.3. The van der Waals surface area contributed by atoms with Gasteiger partial charge in [0.15, 0.2) is 0 Å². The molecule has 2 aromatic heterocycles. The number of aliphatic hydroxyl groups excluding tert-OH is 1. The molecule has 0 amide bonds. The van der Waals surface area contributed by atoms with E-state index < -0.39 is 0 Å². The van der Waals surface area contributed by atoms with Gasteiger partial charge in [-0.15, -0.1) is 22.6 Å². The van der Waals surface area contributed by atoms with E-state index in [-0.39, 0.29) is 30.5 Å². The van der Waals surface area contributed by atoms with E-state index in [1.54, 1.807) is 13.4 Å². The fourth-order valence-electron chi connectivity index (χ4n) is 2.88. The molecule has 2 N–H and O–H groups in total. The van der Waals surface area contributed by atoms with Crippen LogP contribution in [0.1, 0.15) is 26.5 Å². The van der Waals surface area contributed by atoms with Crippen LogP contribution in [0.3, 0.4) is 0 Å². The van der Waals surface area contributed by atoms with Gasteiger partial charge >= 0.3 is 0 Å². The number of hydrogen-bond acceptors (Lipinski definition) is 6. The number of nitrogens with one attached hydrogen (secondary N) is 1. The predicted molar refractivity (Wildman–Crippen MR) is 117 cm³/mol. The predicted octanol–water partition coefficient (Wildman–Crippen LogP) is 3.89. The molecule has 2 heterocycles. The highest BCUT2D eigenvalue weighted by Crippen LogP contribution is 2.29. The molecule has 0 radical (unpaired) electrons. The van der Waals surface area contributed by atoms with Crippen LogP contribution in [0.4, 0.5) is 5.82 Å². The van der Waals surface area contributed by atoms with Crippen molar-refractivity contribution >= 4 is 18.2 Å². The van der Waals surface area contributed by atoms with E-state index in [4.69, 9.17) is 4.74 Å². The lowest BCUT2D eigenvalue weighted by Gasteiger charge is -2.30. The molecule has 0 aliphatic rings. The van der Waals surface area contributed by atoms with E-state index in [0.29, 0.717) is 5.82 Å². The van der Waals surface area contributed by atoms with Gasteiger partial charge in [0.1, 0.15) is 11.6 Å². The van der Waals surface area contributed by atoms with Gasteiger partial charge in [-0.2, -0.15) is 0 Å². The number of hydrogen-bond donors (Lipinski definition) is 2. The van der Waals surface area contributed by atoms with Gasteiger partial charge in [0.2, 0.25) is 0 Å². The number of nitrogens with zero attached hydrogens (tertiary/aromatic N) is 4. The Morgan fingerprint density at radius 1 is 1.17 bits per heavy atom. The van der Waals surface area contributed by atoms with Crippen LogP contribution in [-0.2, 0) is 0 Å². The van der Waals surface area contributed by atoms with Crippen molar-refractivity contribution in [2.75, 3.05) is 19.0 Å². The zero-order valence-corrected chi connectivity index (χ0v) is 18.2. The van der Waals surface area contributed by atoms with Crippen LogP contribution in [0.2, 0.25) is 0 Å². The Bertz CT molecular complexity index is 935. The summed E-state index contributed by atoms with van der Waals surface area (Å²) in [6.07, 6.45) is 3.71. The lowest BCUT2D eigenvalue weighted by molar-refractivity contribution is 0.201. The lowest BCUT2D eigenvalue weighted by Crippen LogP contribution is -2.37. The summed E-state index contributed by atoms with van der Waals surface area (Å²) < 4.78 is 7.49. The van der Waals surface area contributed by atoms with Crippen molar-refractivity contribution in [1.82, 2.24) is 19.7 Å². The summed E-state index contributed by atoms with van der Waals surface area (Å²) in [5.74, 6) is 1.36. The van der Waals surface area contributed by atoms with Gasteiger partial charge in [-0.25, -0.2) is 4.98 Å². The summed E-state index contributed by atoms with van der Waals surface area (Å²) in [7, 11) is 1.65. The third kappa shape index (κ3) is 5.25. The van der Waals surface area contributed by atoms with E-state index in [9.17, 15) is 5.11 Å². The van der Waals surface area contributed by atoms with Gasteiger partial charge in [-0.3, -0.25) is 0 Å². The van der Waals surface area contributed by atoms with E-state index in [0.717, 1.165) is 28.4 Å². The Kier molecular flexibility index (Phi) is 7.21. The molecule has 0 aliphatic carbocycles. The van der Waals surface area contributed by atoms with Crippen LogP contribution in [0, 0.1) is 12.3 Å². The Labute approximate surface area is 177 Å². The number of methoxy groups -OCH3 is 1. The molecule has 156 valence electrons. The highest BCUT2D eigenvalue weighted by molar-refractivity contribution is 5.85. The maximum Gasteiger partial charge on any atom is 0.148 e. The number of benzene rings is 1. The summed E-state index contributed by atoms with van der Waals surface area (Å²) in [4.78, 5) is 4.27. The van der Waals surface area contributed by atoms with Crippen LogP contribution >= 0.6 is 12.4 Å². The highest BCUT2D eigenvalue weighted by atomic mass is 35.5. The van der Waals surface area contributed by atoms with E-state index >= 15 is 0 Å². The molecule has 1 aromatic carbocycles. The molecule has 1 atom stereocenters. The molecular weight excluding hydrogens is 390 g/mol. The van der Waals surface area contributed by atoms with Crippen LogP contribution in [-0.4, -0.2) is 44.6 Å². The number of rotatable bonds is 6. The van der Waals surface area contributed by atoms with Gasteiger partial charge in [-0.1, -0.05) is 26.8 Å². The van der Waals surface area contributed by atoms with Crippen LogP contribution in [0.15, 0.2) is 42.9 Å². The molecule has 0 bridgehead atoms. The van der Waals surface area contributed by atoms with Gasteiger partial charge in [-0.05, 0) is 36.6 Å². The molecule has 3 rings (SSSR count). The number of ether oxygens (including phenoxy) is 1. The molecule has 0 saturated carbocycles. The Morgan fingerprint density at radius 3 is 2.45 bits per heavy atom. The van der Waals surface area contributed by atoms with Crippen molar-refractivity contribution < 1.29 is 9.84 Å². The average molecular weight is 418 g/mol. The first-order valence-electron chi connectivity index (χ1n) is 9.22. The van der Waals surface area contributed by atoms with Crippen LogP contribution in [0.5, 0.6) is 5.75 Å². The average Bonchev–Trinajstić information content (AvgIpc) is 3.11. The quantitative estimate of drug-likeness (QED) is 0.633. The number of anilines is 1. The van der Waals surface area contributed by atoms with Crippen molar-refractivity contribution in [3.8, 4) is 22.7 Å². The van der Waals surface area contributed by atoms with Crippen molar-refractivity contribution in [2.24, 2.45) is 5.41 Å². The summed E-state index contributed by atoms with van der Waals surface area (Å²) in [6.45, 7) is 8.18. The minimum absolute atomic E-state index is 0. The van der Waals surface area contributed by atoms with Crippen molar-refractivity contribution in [1.29, 1.82) is 0 Å². The fraction of sp³-hybridized carbons (Fsp3) is 0.381. The molecular formula is C21H28ClN5O2. The monoisotopic (exact) mass is 417 g/mol. The number of aliphatic hydroxyl groups is 1. The van der Waals surface area contributed by atoms with Crippen molar-refractivity contribution in [3.05, 3.63) is 48.5 Å². The summed E-state index contributed by atoms with van der Waals surface area (Å²) in [5.41, 5.74) is 3.41. The van der Waals surface area contributed by atoms with Gasteiger partial charge in [0, 0.05) is 11.8 Å². The topological polar surface area (TPSA) is 85.1 Å². The van der Waals surface area contributed by atoms with Crippen molar-refractivity contribution in [3.63, 3.8) is 0 Å². The molecule has 0 unspecified atom stereocenters. The number of aromatic nitrogens is 4. The number of halogens is 1. The first kappa shape index (κ1) is 22.6. The Morgan fingerprint density at radius 2 is 1.93 bits per heavy atom. The molecule has 0 saturated heterocycles. The fourth-order valence-corrected chi connectivity index (χ4v) is 2.88. The molecule has 7 nitrogen and oxygen atoms in total. The van der Waals surface area contributed by atoms with E-state index in [1.807, 2.05) is 48.0 Å². The lowest BCUT2D eigenvalue weighted by atomic mass is 9.87. The standard InChI is InChI=1S/C21H27N5O2.ClH/c1-14-11-26(13-22-14)17-8-6-15(10-18(17)28-5)16-7-9-20(25-24-16)23-19(12-27)21(2,3)4;/h6-11,13,19,27H,12H2,1-5H3,(H,23,25);1H/t19-;/m0./s1. The highest BCUT2D eigenvalue weighted by Gasteiger charge is 2.24. The zero-order chi connectivity index (χ0) is 20.3. The molecule has 29 heavy (non-hydrogen) atoms. The molecule has 0 fully saturated rings. The summed E-state index contributed by atoms with van der Waals surface area (Å²) >= 11 is 0. The molecule has 0 spiro atoms. The van der Waals surface area contributed by atoms with Crippen LogP contribution in [0.25, 0.3) is 16.9 Å². The van der Waals surface area contributed by atoms with Gasteiger partial charge < -0.3 is 19.7 Å². The number of imidazole rings is 1. The van der Waals surface area contributed by atoms with Crippen LogP contribution < -0.4 is 10.1 Å². The van der Waals surface area contributed by atoms with Crippen molar-refractivity contribution in [2.45, 2.75) is 33.7 Å². The Hall–Kier alpha value is -2.64. The number of aryl methyl sites for hydroxylation is 1. The molecule has 8 heteroatoms. The van der Waals surface area contributed by atoms with E-state index in [2.05, 4.69) is 41.3 Å². The third-order valence-electron chi connectivity index (χ3n) is 4.68. The largest absolute Gasteiger partial charge is 0.495 e. The molecule has 3 aromatic rings. The smallest absolute Gasteiger partial charge is 0.148 e. The van der Waals surface area contributed by atoms with E-state index in [1.165, 1.54) is 0 Å².